The molecule has 2 saturated carbocycles. The lowest BCUT2D eigenvalue weighted by Gasteiger charge is -2.27. The molecule has 1 spiro atoms. The Morgan fingerprint density at radius 3 is 2.48 bits per heavy atom. The van der Waals surface area contributed by atoms with Crippen molar-refractivity contribution in [2.75, 3.05) is 31.5 Å². The van der Waals surface area contributed by atoms with Crippen LogP contribution in [0.4, 0.5) is 5.69 Å². The molecule has 0 unspecified atom stereocenters. The number of hydrogen-bond donors (Lipinski definition) is 2. The van der Waals surface area contributed by atoms with Crippen LogP contribution >= 0.6 is 15.9 Å². The summed E-state index contributed by atoms with van der Waals surface area (Å²) in [6, 6.07) is 7.74. The lowest BCUT2D eigenvalue weighted by molar-refractivity contribution is -0.124. The number of halogens is 1. The van der Waals surface area contributed by atoms with Crippen molar-refractivity contribution in [1.82, 2.24) is 10.2 Å². The van der Waals surface area contributed by atoms with Crippen LogP contribution in [0.2, 0.25) is 0 Å². The van der Waals surface area contributed by atoms with Gasteiger partial charge in [-0.3, -0.25) is 9.59 Å². The molecule has 1 aliphatic heterocycles. The number of carbonyl (C=O) groups excluding carboxylic acids is 2. The van der Waals surface area contributed by atoms with E-state index in [0.29, 0.717) is 24.8 Å². The van der Waals surface area contributed by atoms with Gasteiger partial charge in [0.2, 0.25) is 11.8 Å². The van der Waals surface area contributed by atoms with Gasteiger partial charge in [-0.2, -0.15) is 0 Å². The van der Waals surface area contributed by atoms with Crippen molar-refractivity contribution in [2.24, 2.45) is 29.1 Å². The summed E-state index contributed by atoms with van der Waals surface area (Å²) in [6.45, 7) is 3.98. The highest BCUT2D eigenvalue weighted by molar-refractivity contribution is 9.10. The Bertz CT molecular complexity index is 858. The third kappa shape index (κ3) is 4.21. The van der Waals surface area contributed by atoms with Gasteiger partial charge in [-0.05, 0) is 99.2 Å². The van der Waals surface area contributed by atoms with E-state index in [-0.39, 0.29) is 29.1 Å². The van der Waals surface area contributed by atoms with Crippen LogP contribution in [0.5, 0.6) is 0 Å². The van der Waals surface area contributed by atoms with Gasteiger partial charge >= 0.3 is 0 Å². The predicted molar refractivity (Wildman–Crippen MR) is 125 cm³/mol. The fraction of sp³-hybridized carbons (Fsp3) is 0.600. The van der Waals surface area contributed by atoms with Crippen LogP contribution in [0.25, 0.3) is 0 Å². The number of hydrogen-bond acceptors (Lipinski definition) is 3. The molecule has 5 nitrogen and oxygen atoms in total. The van der Waals surface area contributed by atoms with E-state index in [1.54, 1.807) is 0 Å². The van der Waals surface area contributed by atoms with E-state index in [1.807, 2.05) is 24.3 Å². The van der Waals surface area contributed by atoms with E-state index in [9.17, 15) is 9.59 Å². The number of anilines is 1. The summed E-state index contributed by atoms with van der Waals surface area (Å²) in [4.78, 5) is 28.3. The summed E-state index contributed by atoms with van der Waals surface area (Å²) in [5, 5.41) is 6.31. The quantitative estimate of drug-likeness (QED) is 0.542. The normalized spacial score (nSPS) is 30.1. The first-order valence-corrected chi connectivity index (χ1v) is 12.6. The Morgan fingerprint density at radius 2 is 1.77 bits per heavy atom. The average Bonchev–Trinajstić information content (AvgIpc) is 3.12. The molecular weight excluding hydrogens is 454 g/mol. The van der Waals surface area contributed by atoms with E-state index in [1.165, 1.54) is 38.8 Å². The molecule has 1 saturated heterocycles. The minimum Gasteiger partial charge on any atom is -0.356 e. The summed E-state index contributed by atoms with van der Waals surface area (Å²) in [5.41, 5.74) is 1.11. The minimum absolute atomic E-state index is 0.0638. The summed E-state index contributed by atoms with van der Waals surface area (Å²) in [5.74, 6) is 1.08. The monoisotopic (exact) mass is 485 g/mol. The number of rotatable bonds is 8. The Labute approximate surface area is 193 Å². The Kier molecular flexibility index (Phi) is 5.95. The van der Waals surface area contributed by atoms with Gasteiger partial charge in [-0.1, -0.05) is 28.1 Å². The fourth-order valence-electron chi connectivity index (χ4n) is 6.35. The molecule has 0 radical (unpaired) electrons. The summed E-state index contributed by atoms with van der Waals surface area (Å²) in [6.07, 6.45) is 11.1. The topological polar surface area (TPSA) is 61.4 Å². The molecule has 2 N–H and O–H groups in total. The smallest absolute Gasteiger partial charge is 0.228 e. The van der Waals surface area contributed by atoms with Gasteiger partial charge in [0.15, 0.2) is 0 Å². The van der Waals surface area contributed by atoms with Crippen LogP contribution in [-0.4, -0.2) is 42.9 Å². The molecular formula is C25H32BrN3O2. The van der Waals surface area contributed by atoms with Crippen molar-refractivity contribution in [1.29, 1.82) is 0 Å². The highest BCUT2D eigenvalue weighted by atomic mass is 79.9. The number of nitrogens with zero attached hydrogens (tertiary/aromatic N) is 1. The molecule has 0 aromatic heterocycles. The molecule has 2 amide bonds. The van der Waals surface area contributed by atoms with Gasteiger partial charge in [0.25, 0.3) is 0 Å². The maximum Gasteiger partial charge on any atom is 0.228 e. The molecule has 3 aliphatic carbocycles. The van der Waals surface area contributed by atoms with Gasteiger partial charge in [-0.25, -0.2) is 0 Å². The molecule has 6 heteroatoms. The van der Waals surface area contributed by atoms with Crippen molar-refractivity contribution >= 4 is 33.4 Å². The molecule has 4 aliphatic rings. The molecule has 1 aromatic rings. The number of nitrogens with one attached hydrogen (secondary N) is 2. The first-order valence-electron chi connectivity index (χ1n) is 11.8. The first kappa shape index (κ1) is 21.2. The van der Waals surface area contributed by atoms with Gasteiger partial charge in [0.1, 0.15) is 0 Å². The van der Waals surface area contributed by atoms with Crippen molar-refractivity contribution in [3.05, 3.63) is 40.9 Å². The fourth-order valence-corrected chi connectivity index (χ4v) is 6.62. The predicted octanol–water partition coefficient (Wildman–Crippen LogP) is 4.21. The van der Waals surface area contributed by atoms with Gasteiger partial charge in [0, 0.05) is 23.1 Å². The largest absolute Gasteiger partial charge is 0.356 e. The van der Waals surface area contributed by atoms with Crippen molar-refractivity contribution in [3.63, 3.8) is 0 Å². The molecule has 4 atom stereocenters. The molecule has 166 valence electrons. The van der Waals surface area contributed by atoms with Gasteiger partial charge in [-0.15, -0.1) is 0 Å². The van der Waals surface area contributed by atoms with E-state index < -0.39 is 0 Å². The lowest BCUT2D eigenvalue weighted by atomic mass is 9.82. The zero-order valence-electron chi connectivity index (χ0n) is 18.0. The van der Waals surface area contributed by atoms with Crippen molar-refractivity contribution < 1.29 is 9.59 Å². The van der Waals surface area contributed by atoms with E-state index >= 15 is 0 Å². The Morgan fingerprint density at radius 1 is 1.06 bits per heavy atom. The van der Waals surface area contributed by atoms with Gasteiger partial charge in [0.05, 0.1) is 5.92 Å². The highest BCUT2D eigenvalue weighted by Gasteiger charge is 2.68. The van der Waals surface area contributed by atoms with E-state index in [4.69, 9.17) is 0 Å². The first-order chi connectivity index (χ1) is 15.1. The van der Waals surface area contributed by atoms with Crippen molar-refractivity contribution in [2.45, 2.75) is 38.5 Å². The number of carbonyl (C=O) groups is 2. The number of allylic oxidation sites excluding steroid dienone is 2. The van der Waals surface area contributed by atoms with Crippen LogP contribution < -0.4 is 10.6 Å². The van der Waals surface area contributed by atoms with Crippen LogP contribution in [0.1, 0.15) is 38.5 Å². The number of benzene rings is 1. The Balaban J connectivity index is 1.19. The van der Waals surface area contributed by atoms with Crippen LogP contribution in [0.15, 0.2) is 40.9 Å². The van der Waals surface area contributed by atoms with E-state index in [0.717, 1.165) is 23.1 Å². The molecule has 2 bridgehead atoms. The molecule has 1 heterocycles. The van der Waals surface area contributed by atoms with Crippen LogP contribution in [-0.2, 0) is 9.59 Å². The molecule has 31 heavy (non-hydrogen) atoms. The third-order valence-corrected chi connectivity index (χ3v) is 8.55. The maximum absolute atomic E-state index is 13.3. The molecule has 5 rings (SSSR count). The van der Waals surface area contributed by atoms with Crippen LogP contribution in [0, 0.1) is 29.1 Å². The second kappa shape index (κ2) is 8.70. The second-order valence-corrected chi connectivity index (χ2v) is 10.7. The molecule has 1 aromatic carbocycles. The third-order valence-electron chi connectivity index (χ3n) is 8.02. The summed E-state index contributed by atoms with van der Waals surface area (Å²) >= 11 is 3.44. The molecule has 3 fully saturated rings. The minimum atomic E-state index is -0.0638. The van der Waals surface area contributed by atoms with Gasteiger partial charge < -0.3 is 15.5 Å². The zero-order chi connectivity index (χ0) is 21.4. The van der Waals surface area contributed by atoms with Crippen LogP contribution in [0.3, 0.4) is 0 Å². The summed E-state index contributed by atoms with van der Waals surface area (Å²) < 4.78 is 0.996. The van der Waals surface area contributed by atoms with Crippen molar-refractivity contribution in [3.8, 4) is 0 Å². The SMILES string of the molecule is O=C(CCCN1CCCC1)NC[C@H]1[C@H](C(=O)Nc2ccc(Br)cc2)[C@@H]2C=C[C@H]1C21CC1. The number of likely N-dealkylation sites (tertiary alicyclic amines) is 1. The second-order valence-electron chi connectivity index (χ2n) is 9.81. The summed E-state index contributed by atoms with van der Waals surface area (Å²) in [7, 11) is 0. The maximum atomic E-state index is 13.3. The van der Waals surface area contributed by atoms with E-state index in [2.05, 4.69) is 43.6 Å². The standard InChI is InChI=1S/C25H32BrN3O2/c26-17-5-7-18(8-6-17)28-24(31)23-19(20-9-10-21(23)25(20)11-12-25)16-27-22(30)4-3-15-29-13-1-2-14-29/h5-10,19-21,23H,1-4,11-16H2,(H,27,30)(H,28,31)/t19-,20-,21+,23+/m1/s1. The average molecular weight is 486 g/mol. The Hall–Kier alpha value is -1.66. The number of amides is 2. The highest BCUT2D eigenvalue weighted by Crippen LogP contribution is 2.71. The lowest BCUT2D eigenvalue weighted by Crippen LogP contribution is -2.39. The zero-order valence-corrected chi connectivity index (χ0v) is 19.6.